The number of hydrogen-bond acceptors (Lipinski definition) is 4. The molecule has 9 heteroatoms. The van der Waals surface area contributed by atoms with Crippen LogP contribution in [0.4, 0.5) is 8.78 Å². The second-order valence-corrected chi connectivity index (χ2v) is 8.95. The third-order valence-electron chi connectivity index (χ3n) is 7.43. The average Bonchev–Trinajstić information content (AvgIpc) is 3.34. The van der Waals surface area contributed by atoms with Crippen molar-refractivity contribution < 1.29 is 23.5 Å². The van der Waals surface area contributed by atoms with Crippen molar-refractivity contribution in [3.63, 3.8) is 0 Å². The van der Waals surface area contributed by atoms with Crippen molar-refractivity contribution in [1.29, 1.82) is 0 Å². The molecule has 160 valence electrons. The molecule has 31 heavy (non-hydrogen) atoms. The van der Waals surface area contributed by atoms with Crippen LogP contribution in [-0.2, 0) is 13.1 Å². The van der Waals surface area contributed by atoms with Crippen LogP contribution in [0.3, 0.4) is 0 Å². The van der Waals surface area contributed by atoms with Gasteiger partial charge in [0.1, 0.15) is 17.2 Å². The molecule has 0 spiro atoms. The number of rotatable bonds is 3. The minimum absolute atomic E-state index is 0.0138. The van der Waals surface area contributed by atoms with Crippen LogP contribution >= 0.6 is 0 Å². The Morgan fingerprint density at radius 3 is 2.68 bits per heavy atom. The fraction of sp³-hybridized carbons (Fsp3) is 0.409. The number of nitrogens with zero attached hydrogens (tertiary/aromatic N) is 2. The zero-order valence-electron chi connectivity index (χ0n) is 16.3. The van der Waals surface area contributed by atoms with Gasteiger partial charge in [0.2, 0.25) is 5.43 Å². The number of fused-ring (bicyclic) bond motifs is 9. The SMILES string of the molecule is O=C(NCc1ccc(F)cc1F)c1cn2c(c(O)c1=O)C(=O)N1C3CC(C4CC43)C1C2. The summed E-state index contributed by atoms with van der Waals surface area (Å²) in [7, 11) is 0. The van der Waals surface area contributed by atoms with Gasteiger partial charge in [-0.3, -0.25) is 14.4 Å². The van der Waals surface area contributed by atoms with Crippen molar-refractivity contribution in [1.82, 2.24) is 14.8 Å². The number of halogens is 2. The third-order valence-corrected chi connectivity index (χ3v) is 7.43. The lowest BCUT2D eigenvalue weighted by Crippen LogP contribution is -2.53. The van der Waals surface area contributed by atoms with Crippen molar-refractivity contribution in [3.8, 4) is 5.75 Å². The molecule has 2 bridgehead atoms. The number of benzene rings is 1. The molecule has 5 unspecified atom stereocenters. The van der Waals surface area contributed by atoms with E-state index in [1.807, 2.05) is 4.90 Å². The van der Waals surface area contributed by atoms with Gasteiger partial charge in [-0.2, -0.15) is 0 Å². The van der Waals surface area contributed by atoms with Gasteiger partial charge in [-0.25, -0.2) is 8.78 Å². The summed E-state index contributed by atoms with van der Waals surface area (Å²) in [4.78, 5) is 40.2. The number of aromatic nitrogens is 1. The normalized spacial score (nSPS) is 29.4. The maximum absolute atomic E-state index is 13.8. The Morgan fingerprint density at radius 1 is 1.13 bits per heavy atom. The van der Waals surface area contributed by atoms with Crippen LogP contribution in [0, 0.1) is 29.4 Å². The first-order chi connectivity index (χ1) is 14.8. The van der Waals surface area contributed by atoms with E-state index in [0.29, 0.717) is 30.4 Å². The quantitative estimate of drug-likeness (QED) is 0.779. The summed E-state index contributed by atoms with van der Waals surface area (Å²) >= 11 is 0. The van der Waals surface area contributed by atoms with Crippen LogP contribution in [0.5, 0.6) is 5.75 Å². The minimum atomic E-state index is -0.941. The summed E-state index contributed by atoms with van der Waals surface area (Å²) in [5.74, 6) is -1.82. The smallest absolute Gasteiger partial charge is 0.275 e. The lowest BCUT2D eigenvalue weighted by Gasteiger charge is -2.40. The van der Waals surface area contributed by atoms with Gasteiger partial charge in [0, 0.05) is 37.0 Å². The second kappa shape index (κ2) is 6.15. The molecule has 5 atom stereocenters. The van der Waals surface area contributed by atoms with Crippen LogP contribution in [0.15, 0.2) is 29.2 Å². The average molecular weight is 427 g/mol. The summed E-state index contributed by atoms with van der Waals surface area (Å²) in [6.45, 7) is 0.168. The Hall–Kier alpha value is -3.23. The van der Waals surface area contributed by atoms with Crippen molar-refractivity contribution in [2.45, 2.75) is 38.0 Å². The topological polar surface area (TPSA) is 91.6 Å². The van der Waals surface area contributed by atoms with E-state index >= 15 is 0 Å². The highest BCUT2D eigenvalue weighted by Crippen LogP contribution is 2.64. The Labute approximate surface area is 175 Å². The lowest BCUT2D eigenvalue weighted by molar-refractivity contribution is 0.0465. The van der Waals surface area contributed by atoms with E-state index in [-0.39, 0.29) is 41.4 Å². The first kappa shape index (κ1) is 18.5. The first-order valence-corrected chi connectivity index (χ1v) is 10.4. The largest absolute Gasteiger partial charge is 0.503 e. The lowest BCUT2D eigenvalue weighted by atomic mass is 9.94. The van der Waals surface area contributed by atoms with E-state index in [2.05, 4.69) is 5.32 Å². The van der Waals surface area contributed by atoms with Crippen LogP contribution in [0.25, 0.3) is 0 Å². The van der Waals surface area contributed by atoms with Gasteiger partial charge in [-0.1, -0.05) is 6.07 Å². The molecule has 2 amide bonds. The van der Waals surface area contributed by atoms with Gasteiger partial charge < -0.3 is 19.9 Å². The van der Waals surface area contributed by atoms with Crippen LogP contribution < -0.4 is 10.7 Å². The highest BCUT2D eigenvalue weighted by atomic mass is 19.1. The molecule has 7 nitrogen and oxygen atoms in total. The third kappa shape index (κ3) is 2.52. The minimum Gasteiger partial charge on any atom is -0.503 e. The van der Waals surface area contributed by atoms with Gasteiger partial charge in [0.05, 0.1) is 6.04 Å². The fourth-order valence-electron chi connectivity index (χ4n) is 5.98. The summed E-state index contributed by atoms with van der Waals surface area (Å²) < 4.78 is 28.4. The number of amides is 2. The molecule has 1 saturated heterocycles. The molecule has 2 N–H and O–H groups in total. The van der Waals surface area contributed by atoms with Gasteiger partial charge in [0.15, 0.2) is 11.4 Å². The predicted octanol–water partition coefficient (Wildman–Crippen LogP) is 1.62. The molecule has 2 aliphatic carbocycles. The summed E-state index contributed by atoms with van der Waals surface area (Å²) in [6, 6.07) is 3.18. The van der Waals surface area contributed by atoms with Crippen LogP contribution in [-0.4, -0.2) is 38.5 Å². The molecular weight excluding hydrogens is 408 g/mol. The second-order valence-electron chi connectivity index (χ2n) is 8.95. The molecule has 2 aliphatic heterocycles. The number of carbonyl (C=O) groups is 2. The Balaban J connectivity index is 1.30. The van der Waals surface area contributed by atoms with E-state index in [1.165, 1.54) is 16.8 Å². The molecule has 4 aliphatic rings. The maximum atomic E-state index is 13.8. The highest BCUT2D eigenvalue weighted by molar-refractivity contribution is 5.99. The standard InChI is InChI=1S/C22H19F2N3O4/c23-10-2-1-9(15(24)3-10)6-25-21(30)14-7-26-8-17-13-5-16(12-4-11(12)13)27(17)22(31)18(26)20(29)19(14)28/h1-3,7,11-13,16-17,29H,4-6,8H2,(H,25,30). The Bertz CT molecular complexity index is 1230. The van der Waals surface area contributed by atoms with Crippen LogP contribution in [0.2, 0.25) is 0 Å². The molecular formula is C22H19F2N3O4. The zero-order valence-corrected chi connectivity index (χ0v) is 16.3. The number of nitrogens with one attached hydrogen (secondary N) is 1. The number of pyridine rings is 1. The van der Waals surface area contributed by atoms with Crippen molar-refractivity contribution in [2.75, 3.05) is 0 Å². The maximum Gasteiger partial charge on any atom is 0.275 e. The van der Waals surface area contributed by atoms with Crippen LogP contribution in [0.1, 0.15) is 39.3 Å². The van der Waals surface area contributed by atoms with E-state index in [9.17, 15) is 28.3 Å². The van der Waals surface area contributed by atoms with Crippen molar-refractivity contribution in [3.05, 3.63) is 63.1 Å². The van der Waals surface area contributed by atoms with E-state index in [1.54, 1.807) is 0 Å². The number of aromatic hydroxyl groups is 1. The fourth-order valence-corrected chi connectivity index (χ4v) is 5.98. The van der Waals surface area contributed by atoms with E-state index in [0.717, 1.165) is 18.9 Å². The molecule has 1 aromatic carbocycles. The summed E-state index contributed by atoms with van der Waals surface area (Å²) in [5.41, 5.74) is -1.28. The predicted molar refractivity (Wildman–Crippen MR) is 103 cm³/mol. The van der Waals surface area contributed by atoms with Crippen molar-refractivity contribution in [2.24, 2.45) is 17.8 Å². The van der Waals surface area contributed by atoms with Gasteiger partial charge in [-0.15, -0.1) is 0 Å². The molecule has 0 radical (unpaired) electrons. The monoisotopic (exact) mass is 427 g/mol. The molecule has 3 heterocycles. The van der Waals surface area contributed by atoms with Gasteiger partial charge in [0.25, 0.3) is 11.8 Å². The number of piperidine rings is 1. The summed E-state index contributed by atoms with van der Waals surface area (Å²) in [5, 5.41) is 12.9. The Kier molecular flexibility index (Phi) is 3.68. The van der Waals surface area contributed by atoms with Crippen molar-refractivity contribution >= 4 is 11.8 Å². The summed E-state index contributed by atoms with van der Waals surface area (Å²) in [6.07, 6.45) is 3.39. The van der Waals surface area contributed by atoms with Gasteiger partial charge >= 0.3 is 0 Å². The first-order valence-electron chi connectivity index (χ1n) is 10.4. The zero-order chi connectivity index (χ0) is 21.6. The van der Waals surface area contributed by atoms with E-state index in [4.69, 9.17) is 0 Å². The number of hydrogen-bond donors (Lipinski definition) is 2. The molecule has 1 aromatic heterocycles. The van der Waals surface area contributed by atoms with Gasteiger partial charge in [-0.05, 0) is 36.7 Å². The number of carbonyl (C=O) groups excluding carboxylic acids is 2. The van der Waals surface area contributed by atoms with E-state index < -0.39 is 28.7 Å². The molecule has 2 saturated carbocycles. The highest BCUT2D eigenvalue weighted by Gasteiger charge is 2.66. The molecule has 6 rings (SSSR count). The Morgan fingerprint density at radius 2 is 1.90 bits per heavy atom. The molecule has 3 fully saturated rings. The molecule has 2 aromatic rings.